The van der Waals surface area contributed by atoms with E-state index in [2.05, 4.69) is 30.2 Å². The van der Waals surface area contributed by atoms with Crippen LogP contribution in [-0.4, -0.2) is 42.6 Å². The van der Waals surface area contributed by atoms with Gasteiger partial charge in [-0.15, -0.1) is 0 Å². The van der Waals surface area contributed by atoms with Crippen LogP contribution in [0.15, 0.2) is 61.7 Å². The molecule has 2 aromatic carbocycles. The van der Waals surface area contributed by atoms with Crippen LogP contribution in [0.25, 0.3) is 22.4 Å². The van der Waals surface area contributed by atoms with Crippen LogP contribution in [0.3, 0.4) is 0 Å². The molecule has 0 saturated heterocycles. The highest BCUT2D eigenvalue weighted by Crippen LogP contribution is 2.41. The predicted molar refractivity (Wildman–Crippen MR) is 145 cm³/mol. The highest BCUT2D eigenvalue weighted by Gasteiger charge is 2.29. The molecule has 0 amide bonds. The van der Waals surface area contributed by atoms with Crippen molar-refractivity contribution >= 4 is 22.4 Å². The van der Waals surface area contributed by atoms with Gasteiger partial charge in [0.2, 0.25) is 0 Å². The number of anilines is 2. The molecule has 0 unspecified atom stereocenters. The van der Waals surface area contributed by atoms with Gasteiger partial charge in [0.1, 0.15) is 18.5 Å². The summed E-state index contributed by atoms with van der Waals surface area (Å²) < 4.78 is 59.0. The number of methoxy groups -OCH3 is 1. The molecule has 0 radical (unpaired) electrons. The fraction of sp³-hybridized carbons (Fsp3) is 0.250. The highest BCUT2D eigenvalue weighted by atomic mass is 19.2. The lowest BCUT2D eigenvalue weighted by molar-refractivity contribution is 0.410. The summed E-state index contributed by atoms with van der Waals surface area (Å²) in [6.45, 7) is 0. The van der Waals surface area contributed by atoms with E-state index in [1.165, 1.54) is 18.7 Å². The summed E-state index contributed by atoms with van der Waals surface area (Å²) in [5.74, 6) is -2.15. The Kier molecular flexibility index (Phi) is 8.22. The van der Waals surface area contributed by atoms with Gasteiger partial charge in [-0.05, 0) is 25.7 Å². The normalized spacial score (nSPS) is 14.0. The number of nitrogens with one attached hydrogen (secondary N) is 1. The van der Waals surface area contributed by atoms with Gasteiger partial charge in [-0.2, -0.15) is 0 Å². The maximum Gasteiger partial charge on any atom is 0.161 e. The van der Waals surface area contributed by atoms with Crippen molar-refractivity contribution in [2.24, 2.45) is 0 Å². The summed E-state index contributed by atoms with van der Waals surface area (Å²) in [7, 11) is 1.58. The molecule has 3 heterocycles. The summed E-state index contributed by atoms with van der Waals surface area (Å²) in [5, 5.41) is 3.02. The number of ether oxygens (including phenoxy) is 1. The molecule has 2 fully saturated rings. The standard InChI is InChI=1S/C14H10F2N4.C9H10F2N2.C5H6N2O/c15-10-3-12-13(4-11(10)16)20(9-1-2-9)14(19-12)8-5-17-7-18-6-8;10-6-3-8(12)9(4-7(6)11)13-5-1-2-5;1-8-5-2-6-4-7-3-5/h3-7,9H,1-2H2;3-5,13H,1-2,12H2;2-4H,1H3. The van der Waals surface area contributed by atoms with E-state index in [-0.39, 0.29) is 5.69 Å². The Hall–Kier alpha value is -4.81. The van der Waals surface area contributed by atoms with Gasteiger partial charge in [-0.1, -0.05) is 0 Å². The van der Waals surface area contributed by atoms with Gasteiger partial charge in [0.05, 0.1) is 47.5 Å². The second kappa shape index (κ2) is 12.1. The summed E-state index contributed by atoms with van der Waals surface area (Å²) in [6.07, 6.45) is 13.6. The lowest BCUT2D eigenvalue weighted by Gasteiger charge is -2.08. The zero-order chi connectivity index (χ0) is 28.9. The Labute approximate surface area is 232 Å². The Balaban J connectivity index is 0.000000138. The van der Waals surface area contributed by atoms with Crippen molar-refractivity contribution in [1.29, 1.82) is 0 Å². The number of nitrogens with zero attached hydrogens (tertiary/aromatic N) is 6. The van der Waals surface area contributed by atoms with Crippen LogP contribution in [0.1, 0.15) is 31.7 Å². The van der Waals surface area contributed by atoms with Crippen molar-refractivity contribution in [2.45, 2.75) is 37.8 Å². The third-order valence-electron chi connectivity index (χ3n) is 6.26. The first-order valence-electron chi connectivity index (χ1n) is 12.8. The second-order valence-corrected chi connectivity index (χ2v) is 9.47. The van der Waals surface area contributed by atoms with Crippen molar-refractivity contribution in [3.8, 4) is 17.1 Å². The van der Waals surface area contributed by atoms with Crippen LogP contribution in [0.5, 0.6) is 5.75 Å². The Bertz CT molecular complexity index is 1630. The molecule has 3 N–H and O–H groups in total. The zero-order valence-corrected chi connectivity index (χ0v) is 21.9. The van der Waals surface area contributed by atoms with Crippen molar-refractivity contribution in [2.75, 3.05) is 18.2 Å². The molecule has 0 spiro atoms. The lowest BCUT2D eigenvalue weighted by Crippen LogP contribution is -2.05. The quantitative estimate of drug-likeness (QED) is 0.205. The van der Waals surface area contributed by atoms with Crippen LogP contribution in [0.2, 0.25) is 0 Å². The van der Waals surface area contributed by atoms with Gasteiger partial charge < -0.3 is 20.4 Å². The van der Waals surface area contributed by atoms with Gasteiger partial charge in [0.25, 0.3) is 0 Å². The van der Waals surface area contributed by atoms with Crippen molar-refractivity contribution in [3.63, 3.8) is 0 Å². The minimum atomic E-state index is -0.904. The van der Waals surface area contributed by atoms with Gasteiger partial charge in [0, 0.05) is 48.7 Å². The first-order chi connectivity index (χ1) is 19.8. The van der Waals surface area contributed by atoms with Crippen molar-refractivity contribution in [3.05, 3.63) is 85.0 Å². The number of hydrogen-bond acceptors (Lipinski definition) is 8. The molecule has 3 aromatic heterocycles. The van der Waals surface area contributed by atoms with E-state index in [1.807, 2.05) is 4.57 Å². The number of nitrogens with two attached hydrogens (primary N) is 1. The van der Waals surface area contributed by atoms with E-state index >= 15 is 0 Å². The molecule has 0 atom stereocenters. The number of imidazole rings is 1. The average Bonchev–Trinajstić information content (AvgIpc) is 3.93. The Morgan fingerprint density at radius 1 is 0.805 bits per heavy atom. The number of rotatable bonds is 5. The van der Waals surface area contributed by atoms with Crippen LogP contribution in [0, 0.1) is 23.3 Å². The van der Waals surface area contributed by atoms with Gasteiger partial charge in [-0.25, -0.2) is 42.5 Å². The topological polar surface area (TPSA) is 117 Å². The minimum absolute atomic E-state index is 0.255. The summed E-state index contributed by atoms with van der Waals surface area (Å²) >= 11 is 0. The molecular formula is C28H26F4N8O. The fourth-order valence-electron chi connectivity index (χ4n) is 3.94. The molecular weight excluding hydrogens is 540 g/mol. The van der Waals surface area contributed by atoms with Crippen LogP contribution in [-0.2, 0) is 0 Å². The van der Waals surface area contributed by atoms with Gasteiger partial charge in [-0.3, -0.25) is 0 Å². The second-order valence-electron chi connectivity index (χ2n) is 9.47. The largest absolute Gasteiger partial charge is 0.494 e. The average molecular weight is 567 g/mol. The predicted octanol–water partition coefficient (Wildman–Crippen LogP) is 5.71. The molecule has 7 rings (SSSR count). The molecule has 0 bridgehead atoms. The number of fused-ring (bicyclic) bond motifs is 1. The van der Waals surface area contributed by atoms with Crippen molar-refractivity contribution < 1.29 is 22.3 Å². The Morgan fingerprint density at radius 2 is 1.39 bits per heavy atom. The Morgan fingerprint density at radius 3 is 1.98 bits per heavy atom. The van der Waals surface area contributed by atoms with Crippen LogP contribution < -0.4 is 15.8 Å². The number of benzene rings is 2. The number of halogens is 4. The first-order valence-corrected chi connectivity index (χ1v) is 12.8. The van der Waals surface area contributed by atoms with Crippen LogP contribution >= 0.6 is 0 Å². The van der Waals surface area contributed by atoms with Crippen LogP contribution in [0.4, 0.5) is 28.9 Å². The van der Waals surface area contributed by atoms with E-state index in [0.717, 1.165) is 49.4 Å². The third-order valence-corrected chi connectivity index (χ3v) is 6.26. The number of nitrogen functional groups attached to an aromatic ring is 1. The molecule has 41 heavy (non-hydrogen) atoms. The molecule has 9 nitrogen and oxygen atoms in total. The first kappa shape index (κ1) is 27.7. The monoisotopic (exact) mass is 566 g/mol. The lowest BCUT2D eigenvalue weighted by atomic mass is 10.2. The van der Waals surface area contributed by atoms with E-state index in [4.69, 9.17) is 10.5 Å². The molecule has 2 aliphatic rings. The summed E-state index contributed by atoms with van der Waals surface area (Å²) in [5.41, 5.74) is 8.06. The number of aromatic nitrogens is 6. The minimum Gasteiger partial charge on any atom is -0.494 e. The molecule has 5 aromatic rings. The molecule has 2 saturated carbocycles. The summed E-state index contributed by atoms with van der Waals surface area (Å²) in [4.78, 5) is 19.8. The molecule has 212 valence electrons. The molecule has 0 aliphatic heterocycles. The molecule has 2 aliphatic carbocycles. The van der Waals surface area contributed by atoms with Crippen molar-refractivity contribution in [1.82, 2.24) is 29.5 Å². The fourth-order valence-corrected chi connectivity index (χ4v) is 3.94. The third kappa shape index (κ3) is 6.86. The van der Waals surface area contributed by atoms with E-state index in [1.54, 1.807) is 31.9 Å². The highest BCUT2D eigenvalue weighted by molar-refractivity contribution is 5.81. The van der Waals surface area contributed by atoms with E-state index in [9.17, 15) is 17.6 Å². The summed E-state index contributed by atoms with van der Waals surface area (Å²) in [6, 6.07) is 5.12. The zero-order valence-electron chi connectivity index (χ0n) is 21.9. The maximum atomic E-state index is 13.5. The van der Waals surface area contributed by atoms with Gasteiger partial charge >= 0.3 is 0 Å². The maximum absolute atomic E-state index is 13.5. The number of hydrogen-bond donors (Lipinski definition) is 2. The van der Waals surface area contributed by atoms with E-state index < -0.39 is 23.3 Å². The SMILES string of the molecule is COc1cncnc1.Fc1cc2nc(-c3cncnc3)n(C3CC3)c2cc1F.Nc1cc(F)c(F)cc1NC1CC1. The molecule has 13 heteroatoms. The van der Waals surface area contributed by atoms with E-state index in [0.29, 0.717) is 40.4 Å². The smallest absolute Gasteiger partial charge is 0.161 e. The van der Waals surface area contributed by atoms with Gasteiger partial charge in [0.15, 0.2) is 29.0 Å².